The van der Waals surface area contributed by atoms with Gasteiger partial charge in [-0.15, -0.1) is 0 Å². The van der Waals surface area contributed by atoms with E-state index in [1.807, 2.05) is 0 Å². The number of piperidine rings is 1. The molecule has 116 valence electrons. The summed E-state index contributed by atoms with van der Waals surface area (Å²) < 4.78 is 5.77. The maximum Gasteiger partial charge on any atom is 0.302 e. The first-order valence-corrected chi connectivity index (χ1v) is 8.02. The van der Waals surface area contributed by atoms with E-state index in [0.29, 0.717) is 12.0 Å². The third-order valence-corrected chi connectivity index (χ3v) is 5.38. The van der Waals surface area contributed by atoms with E-state index in [0.717, 1.165) is 13.0 Å². The average Bonchev–Trinajstić information content (AvgIpc) is 2.88. The number of ether oxygens (including phenoxy) is 1. The van der Waals surface area contributed by atoms with E-state index in [-0.39, 0.29) is 18.0 Å². The summed E-state index contributed by atoms with van der Waals surface area (Å²) >= 11 is 0. The van der Waals surface area contributed by atoms with Gasteiger partial charge >= 0.3 is 5.97 Å². The lowest BCUT2D eigenvalue weighted by atomic mass is 9.71. The Morgan fingerprint density at radius 2 is 2.23 bits per heavy atom. The Morgan fingerprint density at radius 3 is 3.00 bits per heavy atom. The number of aromatic nitrogens is 1. The van der Waals surface area contributed by atoms with Crippen molar-refractivity contribution in [1.29, 1.82) is 0 Å². The van der Waals surface area contributed by atoms with Crippen LogP contribution in [0.15, 0.2) is 24.4 Å². The van der Waals surface area contributed by atoms with E-state index in [1.54, 1.807) is 0 Å². The average molecular weight is 298 g/mol. The molecule has 0 saturated carbocycles. The minimum Gasteiger partial charge on any atom is -0.462 e. The molecular formula is C18H22N2O2. The van der Waals surface area contributed by atoms with Crippen molar-refractivity contribution in [3.63, 3.8) is 0 Å². The Labute approximate surface area is 130 Å². The first-order valence-electron chi connectivity index (χ1n) is 8.02. The molecule has 1 aliphatic heterocycles. The van der Waals surface area contributed by atoms with Crippen LogP contribution in [0.3, 0.4) is 0 Å². The van der Waals surface area contributed by atoms with E-state index in [2.05, 4.69) is 48.3 Å². The lowest BCUT2D eigenvalue weighted by Gasteiger charge is -2.48. The summed E-state index contributed by atoms with van der Waals surface area (Å²) in [6, 6.07) is 6.83. The molecule has 1 saturated heterocycles. The van der Waals surface area contributed by atoms with Crippen LogP contribution in [0.2, 0.25) is 0 Å². The van der Waals surface area contributed by atoms with Gasteiger partial charge in [0.1, 0.15) is 6.10 Å². The second kappa shape index (κ2) is 4.85. The molecule has 4 heteroatoms. The predicted octanol–water partition coefficient (Wildman–Crippen LogP) is 2.69. The van der Waals surface area contributed by atoms with E-state index < -0.39 is 0 Å². The Balaban J connectivity index is 1.88. The van der Waals surface area contributed by atoms with Crippen LogP contribution < -0.4 is 0 Å². The van der Waals surface area contributed by atoms with Crippen molar-refractivity contribution in [3.05, 3.63) is 35.5 Å². The van der Waals surface area contributed by atoms with Crippen LogP contribution >= 0.6 is 0 Å². The number of aromatic amines is 1. The smallest absolute Gasteiger partial charge is 0.302 e. The van der Waals surface area contributed by atoms with Gasteiger partial charge in [0.25, 0.3) is 0 Å². The molecule has 4 rings (SSSR count). The third-order valence-electron chi connectivity index (χ3n) is 5.38. The molecule has 2 aliphatic rings. The molecule has 4 nitrogen and oxygen atoms in total. The summed E-state index contributed by atoms with van der Waals surface area (Å²) in [5.74, 6) is 0.419. The predicted molar refractivity (Wildman–Crippen MR) is 85.9 cm³/mol. The monoisotopic (exact) mass is 298 g/mol. The number of carbonyl (C=O) groups excluding carboxylic acids is 1. The minimum absolute atomic E-state index is 0.0349. The largest absolute Gasteiger partial charge is 0.462 e. The van der Waals surface area contributed by atoms with Crippen molar-refractivity contribution in [2.75, 3.05) is 13.6 Å². The van der Waals surface area contributed by atoms with E-state index in [1.165, 1.54) is 29.0 Å². The summed E-state index contributed by atoms with van der Waals surface area (Å²) in [5.41, 5.74) is 3.90. The van der Waals surface area contributed by atoms with Gasteiger partial charge in [0, 0.05) is 48.4 Å². The summed E-state index contributed by atoms with van der Waals surface area (Å²) in [6.45, 7) is 4.67. The third kappa shape index (κ3) is 1.90. The van der Waals surface area contributed by atoms with Crippen LogP contribution in [0.5, 0.6) is 0 Å². The van der Waals surface area contributed by atoms with Crippen molar-refractivity contribution in [2.45, 2.75) is 38.3 Å². The zero-order valence-corrected chi connectivity index (χ0v) is 13.3. The van der Waals surface area contributed by atoms with Gasteiger partial charge in [0.2, 0.25) is 0 Å². The first-order chi connectivity index (χ1) is 10.6. The molecule has 1 N–H and O–H groups in total. The number of benzene rings is 1. The molecule has 0 bridgehead atoms. The molecule has 0 radical (unpaired) electrons. The topological polar surface area (TPSA) is 45.3 Å². The van der Waals surface area contributed by atoms with E-state index in [9.17, 15) is 4.79 Å². The number of hydrogen-bond donors (Lipinski definition) is 1. The normalized spacial score (nSPS) is 31.0. The maximum absolute atomic E-state index is 11.6. The first kappa shape index (κ1) is 13.8. The van der Waals surface area contributed by atoms with Crippen molar-refractivity contribution in [2.24, 2.45) is 5.92 Å². The fourth-order valence-electron chi connectivity index (χ4n) is 4.54. The highest BCUT2D eigenvalue weighted by Crippen LogP contribution is 2.45. The van der Waals surface area contributed by atoms with E-state index in [4.69, 9.17) is 4.74 Å². The Kier molecular flexibility index (Phi) is 3.05. The van der Waals surface area contributed by atoms with Crippen LogP contribution in [-0.4, -0.2) is 41.6 Å². The SMILES string of the molecule is CC(=O)OC1C(C)CN(C)C2Cc3c[nH]c4cccc(c34)C12. The van der Waals surface area contributed by atoms with Gasteiger partial charge < -0.3 is 14.6 Å². The standard InChI is InChI=1S/C18H22N2O2/c1-10-9-20(3)15-7-12-8-19-14-6-4-5-13(16(12)14)17(15)18(10)22-11(2)21/h4-6,8,10,15,17-19H,7,9H2,1-3H3. The maximum atomic E-state index is 11.6. The second-order valence-corrected chi connectivity index (χ2v) is 6.87. The number of rotatable bonds is 1. The van der Waals surface area contributed by atoms with Crippen LogP contribution in [0.4, 0.5) is 0 Å². The number of fused-ring (bicyclic) bond motifs is 2. The van der Waals surface area contributed by atoms with Gasteiger partial charge in [-0.25, -0.2) is 0 Å². The minimum atomic E-state index is -0.174. The van der Waals surface area contributed by atoms with Gasteiger partial charge in [0.05, 0.1) is 0 Å². The molecule has 4 atom stereocenters. The molecule has 22 heavy (non-hydrogen) atoms. The molecule has 2 heterocycles. The van der Waals surface area contributed by atoms with Gasteiger partial charge in [-0.1, -0.05) is 19.1 Å². The lowest BCUT2D eigenvalue weighted by Crippen LogP contribution is -2.55. The quantitative estimate of drug-likeness (QED) is 0.823. The molecule has 1 aromatic carbocycles. The van der Waals surface area contributed by atoms with Gasteiger partial charge in [-0.3, -0.25) is 4.79 Å². The molecule has 1 fully saturated rings. The number of H-pyrrole nitrogens is 1. The fraction of sp³-hybridized carbons (Fsp3) is 0.500. The summed E-state index contributed by atoms with van der Waals surface area (Å²) in [6.07, 6.45) is 3.12. The lowest BCUT2D eigenvalue weighted by molar-refractivity contribution is -0.155. The zero-order valence-electron chi connectivity index (χ0n) is 13.3. The number of hydrogen-bond acceptors (Lipinski definition) is 3. The summed E-state index contributed by atoms with van der Waals surface area (Å²) in [4.78, 5) is 17.4. The number of carbonyl (C=O) groups is 1. The highest BCUT2D eigenvalue weighted by Gasteiger charge is 2.46. The molecule has 0 amide bonds. The number of nitrogens with one attached hydrogen (secondary N) is 1. The Bertz CT molecular complexity index is 736. The highest BCUT2D eigenvalue weighted by atomic mass is 16.5. The van der Waals surface area contributed by atoms with Gasteiger partial charge in [-0.2, -0.15) is 0 Å². The number of likely N-dealkylation sites (tertiary alicyclic amines) is 1. The van der Waals surface area contributed by atoms with Crippen molar-refractivity contribution >= 4 is 16.9 Å². The van der Waals surface area contributed by atoms with Gasteiger partial charge in [0.15, 0.2) is 0 Å². The number of nitrogens with zero attached hydrogens (tertiary/aromatic N) is 1. The Morgan fingerprint density at radius 1 is 1.41 bits per heavy atom. The van der Waals surface area contributed by atoms with Crippen LogP contribution in [-0.2, 0) is 16.0 Å². The van der Waals surface area contributed by atoms with Crippen LogP contribution in [0.1, 0.15) is 30.9 Å². The highest BCUT2D eigenvalue weighted by molar-refractivity contribution is 5.88. The van der Waals surface area contributed by atoms with Crippen LogP contribution in [0.25, 0.3) is 10.9 Å². The zero-order chi connectivity index (χ0) is 15.4. The van der Waals surface area contributed by atoms with Crippen LogP contribution in [0, 0.1) is 5.92 Å². The summed E-state index contributed by atoms with van der Waals surface area (Å²) in [5, 5.41) is 1.34. The summed E-state index contributed by atoms with van der Waals surface area (Å²) in [7, 11) is 2.19. The van der Waals surface area contributed by atoms with Gasteiger partial charge in [-0.05, 0) is 30.7 Å². The molecule has 0 spiro atoms. The molecule has 1 aromatic heterocycles. The second-order valence-electron chi connectivity index (χ2n) is 6.87. The Hall–Kier alpha value is -1.81. The molecule has 1 aliphatic carbocycles. The fourth-order valence-corrected chi connectivity index (χ4v) is 4.54. The van der Waals surface area contributed by atoms with Crippen molar-refractivity contribution < 1.29 is 9.53 Å². The number of likely N-dealkylation sites (N-methyl/N-ethyl adjacent to an activating group) is 1. The molecular weight excluding hydrogens is 276 g/mol. The molecule has 4 unspecified atom stereocenters. The van der Waals surface area contributed by atoms with E-state index >= 15 is 0 Å². The number of esters is 1. The van der Waals surface area contributed by atoms with Crippen molar-refractivity contribution in [1.82, 2.24) is 9.88 Å². The van der Waals surface area contributed by atoms with Crippen molar-refractivity contribution in [3.8, 4) is 0 Å². The molecule has 2 aromatic rings.